The van der Waals surface area contributed by atoms with Gasteiger partial charge < -0.3 is 0 Å². The summed E-state index contributed by atoms with van der Waals surface area (Å²) in [6.45, 7) is 13.4. The average Bonchev–Trinajstić information content (AvgIpc) is 3.62. The molecule has 2 aliphatic rings. The van der Waals surface area contributed by atoms with Crippen molar-refractivity contribution in [2.45, 2.75) is 57.8 Å². The largest absolute Gasteiger partial charge is 0.208 e. The highest BCUT2D eigenvalue weighted by Gasteiger charge is 2.52. The Bertz CT molecular complexity index is 2350. The standard InChI is InChI=1S/C48H41N3/c1-46(2,3)32-26-22-30(23-27-32)43-49-44(31-24-28-33(29-25-31)47(4,5)6)51-45(50-43)37-17-13-21-41-42(37)36-16-9-12-20-40(36)48(41)38-18-10-7-14-34(38)35-15-8-11-19-39(35)48/h7-29H,1-6H3. The number of hydrogen-bond donors (Lipinski definition) is 0. The second-order valence-corrected chi connectivity index (χ2v) is 16.1. The second kappa shape index (κ2) is 11.2. The maximum atomic E-state index is 5.28. The van der Waals surface area contributed by atoms with Crippen LogP contribution in [0.5, 0.6) is 0 Å². The summed E-state index contributed by atoms with van der Waals surface area (Å²) in [7, 11) is 0. The van der Waals surface area contributed by atoms with E-state index in [4.69, 9.17) is 15.0 Å². The normalized spacial score (nSPS) is 13.8. The molecule has 51 heavy (non-hydrogen) atoms. The highest BCUT2D eigenvalue weighted by atomic mass is 15.0. The van der Waals surface area contributed by atoms with E-state index < -0.39 is 5.41 Å². The topological polar surface area (TPSA) is 38.7 Å². The van der Waals surface area contributed by atoms with Gasteiger partial charge in [-0.1, -0.05) is 181 Å². The van der Waals surface area contributed by atoms with E-state index in [0.29, 0.717) is 17.5 Å². The molecular weight excluding hydrogens is 619 g/mol. The molecule has 248 valence electrons. The summed E-state index contributed by atoms with van der Waals surface area (Å²) < 4.78 is 0. The van der Waals surface area contributed by atoms with Crippen LogP contribution in [0.25, 0.3) is 56.4 Å². The fraction of sp³-hybridized carbons (Fsp3) is 0.188. The fourth-order valence-corrected chi connectivity index (χ4v) is 8.32. The molecule has 0 atom stereocenters. The Balaban J connectivity index is 1.30. The Labute approximate surface area is 301 Å². The van der Waals surface area contributed by atoms with Crippen LogP contribution in [0.4, 0.5) is 0 Å². The second-order valence-electron chi connectivity index (χ2n) is 16.1. The molecule has 6 aromatic carbocycles. The van der Waals surface area contributed by atoms with Crippen molar-refractivity contribution in [1.29, 1.82) is 0 Å². The van der Waals surface area contributed by atoms with Crippen LogP contribution >= 0.6 is 0 Å². The predicted molar refractivity (Wildman–Crippen MR) is 210 cm³/mol. The lowest BCUT2D eigenvalue weighted by Crippen LogP contribution is -2.25. The number of aromatic nitrogens is 3. The third-order valence-corrected chi connectivity index (χ3v) is 10.9. The van der Waals surface area contributed by atoms with Gasteiger partial charge in [0, 0.05) is 16.7 Å². The van der Waals surface area contributed by atoms with E-state index in [1.807, 2.05) is 0 Å². The number of hydrogen-bond acceptors (Lipinski definition) is 3. The number of fused-ring (bicyclic) bond motifs is 10. The molecule has 0 amide bonds. The minimum Gasteiger partial charge on any atom is -0.208 e. The van der Waals surface area contributed by atoms with Gasteiger partial charge in [-0.15, -0.1) is 0 Å². The van der Waals surface area contributed by atoms with Crippen LogP contribution in [-0.4, -0.2) is 15.0 Å². The van der Waals surface area contributed by atoms with E-state index in [9.17, 15) is 0 Å². The van der Waals surface area contributed by atoms with Gasteiger partial charge in [0.1, 0.15) is 0 Å². The van der Waals surface area contributed by atoms with Crippen molar-refractivity contribution in [2.75, 3.05) is 0 Å². The molecule has 2 aliphatic carbocycles. The zero-order valence-electron chi connectivity index (χ0n) is 30.1. The first-order valence-electron chi connectivity index (χ1n) is 18.0. The smallest absolute Gasteiger partial charge is 0.164 e. The number of nitrogens with zero attached hydrogens (tertiary/aromatic N) is 3. The molecule has 0 saturated heterocycles. The highest BCUT2D eigenvalue weighted by molar-refractivity contribution is 5.99. The van der Waals surface area contributed by atoms with Gasteiger partial charge in [-0.3, -0.25) is 0 Å². The van der Waals surface area contributed by atoms with E-state index in [-0.39, 0.29) is 10.8 Å². The zero-order valence-corrected chi connectivity index (χ0v) is 30.1. The molecule has 1 spiro atoms. The first kappa shape index (κ1) is 31.3. The summed E-state index contributed by atoms with van der Waals surface area (Å²) in [5.74, 6) is 2.02. The summed E-state index contributed by atoms with van der Waals surface area (Å²) >= 11 is 0. The third kappa shape index (κ3) is 4.75. The highest BCUT2D eigenvalue weighted by Crippen LogP contribution is 2.63. The van der Waals surface area contributed by atoms with Crippen LogP contribution in [0.15, 0.2) is 140 Å². The molecule has 3 heteroatoms. The van der Waals surface area contributed by atoms with E-state index in [1.54, 1.807) is 0 Å². The van der Waals surface area contributed by atoms with Crippen molar-refractivity contribution < 1.29 is 0 Å². The van der Waals surface area contributed by atoms with Crippen LogP contribution in [-0.2, 0) is 16.2 Å². The van der Waals surface area contributed by atoms with Crippen molar-refractivity contribution in [1.82, 2.24) is 15.0 Å². The van der Waals surface area contributed by atoms with E-state index >= 15 is 0 Å². The third-order valence-electron chi connectivity index (χ3n) is 10.9. The Kier molecular flexibility index (Phi) is 6.86. The molecule has 0 unspecified atom stereocenters. The molecule has 7 aromatic rings. The van der Waals surface area contributed by atoms with Gasteiger partial charge in [0.05, 0.1) is 5.41 Å². The molecule has 0 aliphatic heterocycles. The van der Waals surface area contributed by atoms with Crippen LogP contribution in [0.3, 0.4) is 0 Å². The molecule has 0 bridgehead atoms. The molecular formula is C48H41N3. The van der Waals surface area contributed by atoms with Gasteiger partial charge in [0.2, 0.25) is 0 Å². The van der Waals surface area contributed by atoms with Gasteiger partial charge in [0.15, 0.2) is 17.5 Å². The Morgan fingerprint density at radius 3 is 1.20 bits per heavy atom. The lowest BCUT2D eigenvalue weighted by atomic mass is 9.70. The fourth-order valence-electron chi connectivity index (χ4n) is 8.32. The van der Waals surface area contributed by atoms with E-state index in [0.717, 1.165) is 16.7 Å². The summed E-state index contributed by atoms with van der Waals surface area (Å²) in [4.78, 5) is 15.7. The maximum Gasteiger partial charge on any atom is 0.164 e. The molecule has 1 aromatic heterocycles. The summed E-state index contributed by atoms with van der Waals surface area (Å²) in [5, 5.41) is 0. The van der Waals surface area contributed by atoms with Crippen molar-refractivity contribution in [3.05, 3.63) is 173 Å². The first-order chi connectivity index (χ1) is 24.5. The predicted octanol–water partition coefficient (Wildman–Crippen LogP) is 11.8. The molecule has 0 fully saturated rings. The molecule has 1 heterocycles. The van der Waals surface area contributed by atoms with Gasteiger partial charge in [0.25, 0.3) is 0 Å². The number of benzene rings is 6. The van der Waals surface area contributed by atoms with Gasteiger partial charge in [-0.05, 0) is 66.5 Å². The van der Waals surface area contributed by atoms with Gasteiger partial charge in [-0.25, -0.2) is 15.0 Å². The van der Waals surface area contributed by atoms with Crippen LogP contribution in [0, 0.1) is 0 Å². The molecule has 9 rings (SSSR count). The lowest BCUT2D eigenvalue weighted by molar-refractivity contribution is 0.590. The maximum absolute atomic E-state index is 5.28. The number of rotatable bonds is 3. The SMILES string of the molecule is CC(C)(C)c1ccc(-c2nc(-c3ccc(C(C)(C)C)cc3)nc(-c3cccc4c3-c3ccccc3C43c4ccccc4-c4ccccc43)n2)cc1. The minimum absolute atomic E-state index is 0.0498. The van der Waals surface area contributed by atoms with Crippen LogP contribution in [0.1, 0.15) is 74.9 Å². The van der Waals surface area contributed by atoms with Crippen LogP contribution < -0.4 is 0 Å². The molecule has 3 nitrogen and oxygen atoms in total. The summed E-state index contributed by atoms with van der Waals surface area (Å²) in [6.07, 6.45) is 0. The summed E-state index contributed by atoms with van der Waals surface area (Å²) in [5.41, 5.74) is 15.4. The van der Waals surface area contributed by atoms with Gasteiger partial charge >= 0.3 is 0 Å². The van der Waals surface area contributed by atoms with Gasteiger partial charge in [-0.2, -0.15) is 0 Å². The molecule has 0 saturated carbocycles. The van der Waals surface area contributed by atoms with Crippen LogP contribution in [0.2, 0.25) is 0 Å². The van der Waals surface area contributed by atoms with Crippen molar-refractivity contribution in [3.8, 4) is 56.4 Å². The molecule has 0 radical (unpaired) electrons. The van der Waals surface area contributed by atoms with E-state index in [1.165, 1.54) is 55.6 Å². The van der Waals surface area contributed by atoms with Crippen molar-refractivity contribution in [3.63, 3.8) is 0 Å². The Morgan fingerprint density at radius 2 is 0.725 bits per heavy atom. The Hall–Kier alpha value is -5.67. The average molecular weight is 660 g/mol. The van der Waals surface area contributed by atoms with Crippen molar-refractivity contribution >= 4 is 0 Å². The van der Waals surface area contributed by atoms with E-state index in [2.05, 4.69) is 181 Å². The quantitative estimate of drug-likeness (QED) is 0.189. The van der Waals surface area contributed by atoms with Crippen molar-refractivity contribution in [2.24, 2.45) is 0 Å². The zero-order chi connectivity index (χ0) is 35.1. The minimum atomic E-state index is -0.431. The first-order valence-corrected chi connectivity index (χ1v) is 18.0. The Morgan fingerprint density at radius 1 is 0.353 bits per heavy atom. The monoisotopic (exact) mass is 659 g/mol. The molecule has 0 N–H and O–H groups in total. The summed E-state index contributed by atoms with van der Waals surface area (Å²) in [6, 6.07) is 50.9. The lowest BCUT2D eigenvalue weighted by Gasteiger charge is -2.30.